The molecule has 0 aliphatic heterocycles. The third-order valence-electron chi connectivity index (χ3n) is 6.68. The van der Waals surface area contributed by atoms with Crippen molar-refractivity contribution in [3.05, 3.63) is 132 Å². The number of carboxylic acids is 2. The van der Waals surface area contributed by atoms with Crippen molar-refractivity contribution in [3.8, 4) is 11.5 Å². The quantitative estimate of drug-likeness (QED) is 0.139. The third kappa shape index (κ3) is 10.5. The van der Waals surface area contributed by atoms with Crippen molar-refractivity contribution in [1.82, 2.24) is 4.90 Å². The van der Waals surface area contributed by atoms with Crippen molar-refractivity contribution in [2.45, 2.75) is 32.0 Å². The zero-order chi connectivity index (χ0) is 31.1. The van der Waals surface area contributed by atoms with Crippen molar-refractivity contribution in [2.75, 3.05) is 11.9 Å². The number of nitrogens with zero attached hydrogens (tertiary/aromatic N) is 1. The summed E-state index contributed by atoms with van der Waals surface area (Å²) in [6.07, 6.45) is 2.78. The summed E-state index contributed by atoms with van der Waals surface area (Å²) in [4.78, 5) is 37.3. The Morgan fingerprint density at radius 1 is 0.773 bits per heavy atom. The van der Waals surface area contributed by atoms with E-state index < -0.39 is 24.1 Å². The number of anilines is 1. The highest BCUT2D eigenvalue weighted by Crippen LogP contribution is 2.19. The Balaban J connectivity index is 1.38. The van der Waals surface area contributed by atoms with Gasteiger partial charge < -0.3 is 19.7 Å². The van der Waals surface area contributed by atoms with Crippen LogP contribution in [0.25, 0.3) is 6.08 Å². The van der Waals surface area contributed by atoms with Gasteiger partial charge in [-0.25, -0.2) is 4.79 Å². The molecule has 0 spiro atoms. The van der Waals surface area contributed by atoms with Crippen LogP contribution < -0.4 is 14.8 Å². The molecule has 9 nitrogen and oxygen atoms in total. The fraction of sp³-hybridized carbons (Fsp3) is 0.171. The lowest BCUT2D eigenvalue weighted by atomic mass is 10.1. The van der Waals surface area contributed by atoms with Crippen LogP contribution in [-0.4, -0.2) is 45.7 Å². The van der Waals surface area contributed by atoms with Gasteiger partial charge in [0.2, 0.25) is 0 Å². The van der Waals surface area contributed by atoms with Gasteiger partial charge in [-0.3, -0.25) is 19.8 Å². The average Bonchev–Trinajstić information content (AvgIpc) is 3.02. The van der Waals surface area contributed by atoms with E-state index in [2.05, 4.69) is 5.32 Å². The molecule has 44 heavy (non-hydrogen) atoms. The van der Waals surface area contributed by atoms with Crippen LogP contribution in [0.1, 0.15) is 29.5 Å². The van der Waals surface area contributed by atoms with E-state index in [4.69, 9.17) is 9.47 Å². The number of nitrogens with one attached hydrogen (secondary N) is 1. The number of para-hydroxylation sites is 1. The molecule has 0 fully saturated rings. The minimum Gasteiger partial charge on any atom is -0.489 e. The molecule has 0 radical (unpaired) electrons. The second-order valence-corrected chi connectivity index (χ2v) is 9.99. The van der Waals surface area contributed by atoms with Crippen molar-refractivity contribution < 1.29 is 34.1 Å². The number of benzene rings is 4. The van der Waals surface area contributed by atoms with Gasteiger partial charge in [0.15, 0.2) is 0 Å². The molecule has 1 amide bonds. The predicted octanol–water partition coefficient (Wildman–Crippen LogP) is 6.71. The summed E-state index contributed by atoms with van der Waals surface area (Å²) < 4.78 is 11.1. The maximum Gasteiger partial charge on any atom is 0.417 e. The van der Waals surface area contributed by atoms with E-state index in [1.807, 2.05) is 84.9 Å². The molecule has 4 aromatic carbocycles. The monoisotopic (exact) mass is 594 g/mol. The number of amides is 1. The van der Waals surface area contributed by atoms with E-state index in [1.165, 1.54) is 0 Å². The molecule has 0 unspecified atom stereocenters. The summed E-state index contributed by atoms with van der Waals surface area (Å²) in [7, 11) is 0. The number of hydrogen-bond donors (Lipinski definition) is 3. The molecule has 1 atom stereocenters. The lowest BCUT2D eigenvalue weighted by Gasteiger charge is -2.27. The highest BCUT2D eigenvalue weighted by Gasteiger charge is 2.25. The summed E-state index contributed by atoms with van der Waals surface area (Å²) in [6, 6.07) is 32.1. The maximum atomic E-state index is 12.2. The molecule has 0 bridgehead atoms. The highest BCUT2D eigenvalue weighted by atomic mass is 16.6. The molecular weight excluding hydrogens is 560 g/mol. The summed E-state index contributed by atoms with van der Waals surface area (Å²) in [6.45, 7) is 1.00. The molecule has 0 aliphatic rings. The topological polar surface area (TPSA) is 125 Å². The number of carbonyl (C=O) groups excluding carboxylic acids is 1. The van der Waals surface area contributed by atoms with Crippen LogP contribution >= 0.6 is 0 Å². The third-order valence-corrected chi connectivity index (χ3v) is 6.68. The summed E-state index contributed by atoms with van der Waals surface area (Å²) in [5.74, 6) is -1.01. The Morgan fingerprint density at radius 2 is 1.43 bits per heavy atom. The Bertz CT molecular complexity index is 1520. The number of rotatable bonds is 15. The number of carbonyl (C=O) groups is 3. The van der Waals surface area contributed by atoms with E-state index in [9.17, 15) is 24.6 Å². The zero-order valence-corrected chi connectivity index (χ0v) is 24.0. The molecule has 4 aromatic rings. The Labute approximate surface area is 256 Å². The van der Waals surface area contributed by atoms with Gasteiger partial charge in [0.25, 0.3) is 0 Å². The van der Waals surface area contributed by atoms with Gasteiger partial charge >= 0.3 is 18.0 Å². The SMILES string of the molecule is O=C(O)CC[C@@H](C(=O)O)N(C/C=C/c1ccc(NC(=O)Oc2ccccc2)cc1)Cc1ccc(OCc2ccccc2)cc1. The molecule has 3 N–H and O–H groups in total. The van der Waals surface area contributed by atoms with E-state index >= 15 is 0 Å². The second kappa shape index (κ2) is 16.3. The van der Waals surface area contributed by atoms with Gasteiger partial charge in [-0.2, -0.15) is 0 Å². The van der Waals surface area contributed by atoms with E-state index in [0.717, 1.165) is 16.7 Å². The minimum absolute atomic E-state index is 0.0315. The van der Waals surface area contributed by atoms with Gasteiger partial charge in [0, 0.05) is 25.2 Å². The number of carboxylic acid groups (broad SMARTS) is 2. The highest BCUT2D eigenvalue weighted by molar-refractivity contribution is 5.86. The smallest absolute Gasteiger partial charge is 0.417 e. The fourth-order valence-corrected chi connectivity index (χ4v) is 4.43. The Morgan fingerprint density at radius 3 is 2.07 bits per heavy atom. The van der Waals surface area contributed by atoms with Gasteiger partial charge in [0.1, 0.15) is 24.1 Å². The molecule has 0 saturated carbocycles. The Hall–Kier alpha value is -5.41. The maximum absolute atomic E-state index is 12.2. The fourth-order valence-electron chi connectivity index (χ4n) is 4.43. The molecule has 226 valence electrons. The zero-order valence-electron chi connectivity index (χ0n) is 24.0. The van der Waals surface area contributed by atoms with Gasteiger partial charge in [0.05, 0.1) is 0 Å². The van der Waals surface area contributed by atoms with E-state index in [1.54, 1.807) is 41.3 Å². The molecule has 9 heteroatoms. The molecule has 0 heterocycles. The Kier molecular flexibility index (Phi) is 11.7. The van der Waals surface area contributed by atoms with Crippen LogP contribution in [-0.2, 0) is 22.7 Å². The van der Waals surface area contributed by atoms with Gasteiger partial charge in [-0.15, -0.1) is 0 Å². The second-order valence-electron chi connectivity index (χ2n) is 9.99. The largest absolute Gasteiger partial charge is 0.489 e. The first-order valence-electron chi connectivity index (χ1n) is 14.1. The van der Waals surface area contributed by atoms with Crippen molar-refractivity contribution in [1.29, 1.82) is 0 Å². The first kappa shape index (κ1) is 31.5. The standard InChI is InChI=1S/C35H34N2O7/c38-33(39)22-21-32(34(40)41)37(24-27-15-19-30(20-16-27)43-25-28-8-3-1-4-9-28)23-7-10-26-13-17-29(18-14-26)36-35(42)44-31-11-5-2-6-12-31/h1-20,32H,21-25H2,(H,36,42)(H,38,39)(H,40,41)/b10-7+/t32-/m0/s1. The van der Waals surface area contributed by atoms with Crippen LogP contribution in [0.4, 0.5) is 10.5 Å². The number of aliphatic carboxylic acids is 2. The normalized spacial score (nSPS) is 11.7. The number of hydrogen-bond acceptors (Lipinski definition) is 6. The van der Waals surface area contributed by atoms with Crippen LogP contribution in [0.15, 0.2) is 115 Å². The first-order valence-corrected chi connectivity index (χ1v) is 14.1. The summed E-state index contributed by atoms with van der Waals surface area (Å²) in [5, 5.41) is 21.8. The van der Waals surface area contributed by atoms with Crippen LogP contribution in [0, 0.1) is 0 Å². The van der Waals surface area contributed by atoms with Crippen LogP contribution in [0.5, 0.6) is 11.5 Å². The lowest BCUT2D eigenvalue weighted by Crippen LogP contribution is -2.41. The van der Waals surface area contributed by atoms with Crippen molar-refractivity contribution in [2.24, 2.45) is 0 Å². The lowest BCUT2D eigenvalue weighted by molar-refractivity contribution is -0.144. The van der Waals surface area contributed by atoms with Gasteiger partial charge in [-0.05, 0) is 59.5 Å². The molecule has 0 aliphatic carbocycles. The first-order chi connectivity index (χ1) is 21.4. The molecule has 0 saturated heterocycles. The van der Waals surface area contributed by atoms with Crippen molar-refractivity contribution >= 4 is 29.8 Å². The average molecular weight is 595 g/mol. The van der Waals surface area contributed by atoms with Gasteiger partial charge in [-0.1, -0.05) is 84.9 Å². The molecule has 0 aromatic heterocycles. The molecular formula is C35H34N2O7. The summed E-state index contributed by atoms with van der Waals surface area (Å²) in [5.41, 5.74) is 3.31. The van der Waals surface area contributed by atoms with Crippen molar-refractivity contribution in [3.63, 3.8) is 0 Å². The predicted molar refractivity (Wildman–Crippen MR) is 167 cm³/mol. The molecule has 4 rings (SSSR count). The van der Waals surface area contributed by atoms with Crippen LogP contribution in [0.2, 0.25) is 0 Å². The number of ether oxygens (including phenoxy) is 2. The summed E-state index contributed by atoms with van der Waals surface area (Å²) >= 11 is 0. The minimum atomic E-state index is -1.08. The van der Waals surface area contributed by atoms with E-state index in [-0.39, 0.29) is 19.4 Å². The van der Waals surface area contributed by atoms with Crippen LogP contribution in [0.3, 0.4) is 0 Å². The van der Waals surface area contributed by atoms with E-state index in [0.29, 0.717) is 30.3 Å².